The minimum Gasteiger partial charge on any atom is -0.384 e. The van der Waals surface area contributed by atoms with Gasteiger partial charge >= 0.3 is 0 Å². The van der Waals surface area contributed by atoms with Crippen LogP contribution in [0.15, 0.2) is 18.3 Å². The van der Waals surface area contributed by atoms with Gasteiger partial charge in [-0.2, -0.15) is 0 Å². The van der Waals surface area contributed by atoms with Gasteiger partial charge in [0.05, 0.1) is 25.5 Å². The van der Waals surface area contributed by atoms with Gasteiger partial charge in [-0.1, -0.05) is 33.8 Å². The molecule has 0 aliphatic heterocycles. The van der Waals surface area contributed by atoms with Crippen molar-refractivity contribution in [2.45, 2.75) is 39.7 Å². The first-order valence-corrected chi connectivity index (χ1v) is 6.45. The highest BCUT2D eigenvalue weighted by Gasteiger charge is 2.13. The van der Waals surface area contributed by atoms with E-state index < -0.39 is 0 Å². The summed E-state index contributed by atoms with van der Waals surface area (Å²) in [6.45, 7) is 10.7. The van der Waals surface area contributed by atoms with Crippen molar-refractivity contribution in [2.75, 3.05) is 20.3 Å². The normalized spacial score (nSPS) is 13.6. The number of hydrogen-bond donors (Lipinski definition) is 0. The summed E-state index contributed by atoms with van der Waals surface area (Å²) in [7, 11) is 1.71. The molecule has 3 nitrogen and oxygen atoms in total. The lowest BCUT2D eigenvalue weighted by atomic mass is 9.88. The predicted molar refractivity (Wildman–Crippen MR) is 73.6 cm³/mol. The fraction of sp³-hybridized carbons (Fsp3) is 0.667. The Bertz CT molecular complexity index is 341. The third-order valence-corrected chi connectivity index (χ3v) is 2.79. The predicted octanol–water partition coefficient (Wildman–Crippen LogP) is 3.18. The average Bonchev–Trinajstić information content (AvgIpc) is 2.29. The lowest BCUT2D eigenvalue weighted by Gasteiger charge is -2.18. The number of rotatable bonds is 6. The number of hydrogen-bond acceptors (Lipinski definition) is 3. The quantitative estimate of drug-likeness (QED) is 0.778. The SMILES string of the molecule is COCC(C)COCc1ccc(C(C)(C)C)cn1. The molecule has 0 saturated heterocycles. The maximum Gasteiger partial charge on any atom is 0.0887 e. The summed E-state index contributed by atoms with van der Waals surface area (Å²) in [5, 5.41) is 0. The summed E-state index contributed by atoms with van der Waals surface area (Å²) in [4.78, 5) is 4.43. The van der Waals surface area contributed by atoms with Crippen LogP contribution in [0.25, 0.3) is 0 Å². The fourth-order valence-corrected chi connectivity index (χ4v) is 1.65. The van der Waals surface area contributed by atoms with E-state index in [4.69, 9.17) is 9.47 Å². The molecule has 1 aromatic heterocycles. The molecular weight excluding hydrogens is 226 g/mol. The number of ether oxygens (including phenoxy) is 2. The van der Waals surface area contributed by atoms with Gasteiger partial charge in [0.15, 0.2) is 0 Å². The highest BCUT2D eigenvalue weighted by atomic mass is 16.5. The highest BCUT2D eigenvalue weighted by molar-refractivity contribution is 5.20. The van der Waals surface area contributed by atoms with Crippen LogP contribution in [0.1, 0.15) is 39.0 Å². The third-order valence-electron chi connectivity index (χ3n) is 2.79. The van der Waals surface area contributed by atoms with Gasteiger partial charge in [-0.3, -0.25) is 4.98 Å². The van der Waals surface area contributed by atoms with Crippen LogP contribution in [0, 0.1) is 5.92 Å². The monoisotopic (exact) mass is 251 g/mol. The molecule has 3 heteroatoms. The molecule has 0 N–H and O–H groups in total. The molecule has 102 valence electrons. The first-order valence-electron chi connectivity index (χ1n) is 6.45. The van der Waals surface area contributed by atoms with Crippen LogP contribution in [-0.4, -0.2) is 25.3 Å². The van der Waals surface area contributed by atoms with Crippen molar-refractivity contribution in [1.82, 2.24) is 4.98 Å². The Balaban J connectivity index is 2.40. The largest absolute Gasteiger partial charge is 0.384 e. The van der Waals surface area contributed by atoms with Gasteiger partial charge in [-0.15, -0.1) is 0 Å². The number of aromatic nitrogens is 1. The van der Waals surface area contributed by atoms with E-state index in [1.807, 2.05) is 12.3 Å². The first kappa shape index (κ1) is 15.1. The molecule has 0 aromatic carbocycles. The van der Waals surface area contributed by atoms with Gasteiger partial charge in [0.25, 0.3) is 0 Å². The van der Waals surface area contributed by atoms with Crippen molar-refractivity contribution >= 4 is 0 Å². The second-order valence-electron chi connectivity index (χ2n) is 5.86. The highest BCUT2D eigenvalue weighted by Crippen LogP contribution is 2.21. The van der Waals surface area contributed by atoms with Crippen molar-refractivity contribution in [3.63, 3.8) is 0 Å². The van der Waals surface area contributed by atoms with Gasteiger partial charge in [-0.25, -0.2) is 0 Å². The smallest absolute Gasteiger partial charge is 0.0887 e. The Labute approximate surface area is 111 Å². The van der Waals surface area contributed by atoms with E-state index in [0.717, 1.165) is 12.3 Å². The molecule has 0 saturated carbocycles. The van der Waals surface area contributed by atoms with E-state index in [1.54, 1.807) is 7.11 Å². The van der Waals surface area contributed by atoms with Gasteiger partial charge in [-0.05, 0) is 17.0 Å². The second-order valence-corrected chi connectivity index (χ2v) is 5.86. The maximum absolute atomic E-state index is 5.62. The van der Waals surface area contributed by atoms with Crippen molar-refractivity contribution in [3.05, 3.63) is 29.6 Å². The molecule has 0 spiro atoms. The summed E-state index contributed by atoms with van der Waals surface area (Å²) in [6.07, 6.45) is 1.94. The van der Waals surface area contributed by atoms with Crippen molar-refractivity contribution in [2.24, 2.45) is 5.92 Å². The Morgan fingerprint density at radius 3 is 2.44 bits per heavy atom. The Kier molecular flexibility index (Phi) is 5.76. The lowest BCUT2D eigenvalue weighted by molar-refractivity contribution is 0.0547. The van der Waals surface area contributed by atoms with Crippen LogP contribution in [0.5, 0.6) is 0 Å². The Morgan fingerprint density at radius 2 is 1.94 bits per heavy atom. The Hall–Kier alpha value is -0.930. The average molecular weight is 251 g/mol. The zero-order valence-electron chi connectivity index (χ0n) is 12.2. The van der Waals surface area contributed by atoms with Crippen molar-refractivity contribution in [1.29, 1.82) is 0 Å². The minimum absolute atomic E-state index is 0.152. The summed E-state index contributed by atoms with van der Waals surface area (Å²) in [6, 6.07) is 4.17. The van der Waals surface area contributed by atoms with Crippen molar-refractivity contribution in [3.8, 4) is 0 Å². The molecule has 1 heterocycles. The molecule has 18 heavy (non-hydrogen) atoms. The fourth-order valence-electron chi connectivity index (χ4n) is 1.65. The number of pyridine rings is 1. The molecule has 0 amide bonds. The van der Waals surface area contributed by atoms with E-state index in [9.17, 15) is 0 Å². The second kappa shape index (κ2) is 6.86. The van der Waals surface area contributed by atoms with E-state index >= 15 is 0 Å². The zero-order chi connectivity index (χ0) is 13.6. The van der Waals surface area contributed by atoms with Gasteiger partial charge in [0, 0.05) is 19.2 Å². The van der Waals surface area contributed by atoms with Crippen molar-refractivity contribution < 1.29 is 9.47 Å². The van der Waals surface area contributed by atoms with Crippen LogP contribution >= 0.6 is 0 Å². The van der Waals surface area contributed by atoms with E-state index in [1.165, 1.54) is 5.56 Å². The van der Waals surface area contributed by atoms with Crippen LogP contribution in [0.4, 0.5) is 0 Å². The molecule has 1 aromatic rings. The van der Waals surface area contributed by atoms with Crippen LogP contribution in [-0.2, 0) is 21.5 Å². The zero-order valence-corrected chi connectivity index (χ0v) is 12.2. The molecule has 0 radical (unpaired) electrons. The van der Waals surface area contributed by atoms with Crippen LogP contribution in [0.3, 0.4) is 0 Å². The third kappa shape index (κ3) is 5.15. The standard InChI is InChI=1S/C15H25NO2/c1-12(9-17-5)10-18-11-14-7-6-13(8-16-14)15(2,3)4/h6-8,12H,9-11H2,1-5H3. The topological polar surface area (TPSA) is 31.4 Å². The number of nitrogens with zero attached hydrogens (tertiary/aromatic N) is 1. The minimum atomic E-state index is 0.152. The summed E-state index contributed by atoms with van der Waals surface area (Å²) in [5.41, 5.74) is 2.38. The molecular formula is C15H25NO2. The van der Waals surface area contributed by atoms with Gasteiger partial charge < -0.3 is 9.47 Å². The molecule has 0 fully saturated rings. The molecule has 1 unspecified atom stereocenters. The van der Waals surface area contributed by atoms with E-state index in [0.29, 0.717) is 19.1 Å². The van der Waals surface area contributed by atoms with E-state index in [2.05, 4.69) is 38.7 Å². The first-order chi connectivity index (χ1) is 8.43. The van der Waals surface area contributed by atoms with Gasteiger partial charge in [0.2, 0.25) is 0 Å². The Morgan fingerprint density at radius 1 is 1.22 bits per heavy atom. The molecule has 1 rings (SSSR count). The summed E-state index contributed by atoms with van der Waals surface area (Å²) in [5.74, 6) is 0.420. The molecule has 0 aliphatic carbocycles. The lowest BCUT2D eigenvalue weighted by Crippen LogP contribution is -2.13. The molecule has 0 aliphatic rings. The summed E-state index contributed by atoms with van der Waals surface area (Å²) < 4.78 is 10.7. The van der Waals surface area contributed by atoms with Crippen LogP contribution < -0.4 is 0 Å². The van der Waals surface area contributed by atoms with Gasteiger partial charge in [0.1, 0.15) is 0 Å². The van der Waals surface area contributed by atoms with E-state index in [-0.39, 0.29) is 5.41 Å². The molecule has 1 atom stereocenters. The maximum atomic E-state index is 5.62. The summed E-state index contributed by atoms with van der Waals surface area (Å²) >= 11 is 0. The number of methoxy groups -OCH3 is 1. The van der Waals surface area contributed by atoms with Crippen LogP contribution in [0.2, 0.25) is 0 Å². The molecule has 0 bridgehead atoms.